The van der Waals surface area contributed by atoms with Gasteiger partial charge in [0.1, 0.15) is 16.6 Å². The molecule has 2 fully saturated rings. The number of nitrogens with zero attached hydrogens (tertiary/aromatic N) is 2. The van der Waals surface area contributed by atoms with Gasteiger partial charge in [-0.2, -0.15) is 4.72 Å². The van der Waals surface area contributed by atoms with Gasteiger partial charge in [-0.1, -0.05) is 62.6 Å². The summed E-state index contributed by atoms with van der Waals surface area (Å²) in [6.45, 7) is 5.54. The molecule has 2 aliphatic carbocycles. The highest BCUT2D eigenvalue weighted by atomic mass is 32.2. The average Bonchev–Trinajstić information content (AvgIpc) is 3.65. The van der Waals surface area contributed by atoms with Crippen LogP contribution in [0.5, 0.6) is 0 Å². The SMILES string of the molecule is CCCCC1=NC2(CCCC2)C(=O)N1Cc1ccc(-c2ccccc2C(=O)N[S+]([O-])C2CC2)c(COCC)c1. The molecule has 2 aromatic rings. The van der Waals surface area contributed by atoms with Gasteiger partial charge >= 0.3 is 0 Å². The molecule has 1 N–H and O–H groups in total. The lowest BCUT2D eigenvalue weighted by atomic mass is 9.93. The van der Waals surface area contributed by atoms with Crippen LogP contribution >= 0.6 is 0 Å². The van der Waals surface area contributed by atoms with E-state index in [1.165, 1.54) is 0 Å². The van der Waals surface area contributed by atoms with E-state index in [2.05, 4.69) is 17.7 Å². The van der Waals surface area contributed by atoms with Crippen molar-refractivity contribution < 1.29 is 18.9 Å². The van der Waals surface area contributed by atoms with Crippen molar-refractivity contribution in [2.24, 2.45) is 4.99 Å². The maximum Gasteiger partial charge on any atom is 0.292 e. The number of carbonyl (C=O) groups is 2. The first-order valence-corrected chi connectivity index (χ1v) is 15.6. The van der Waals surface area contributed by atoms with Crippen molar-refractivity contribution in [3.8, 4) is 11.1 Å². The fourth-order valence-electron chi connectivity index (χ4n) is 5.65. The van der Waals surface area contributed by atoms with Crippen LogP contribution in [-0.2, 0) is 34.0 Å². The van der Waals surface area contributed by atoms with E-state index in [1.54, 1.807) is 6.07 Å². The van der Waals surface area contributed by atoms with Crippen LogP contribution in [0.1, 0.15) is 93.1 Å². The van der Waals surface area contributed by atoms with Gasteiger partial charge in [0, 0.05) is 25.9 Å². The minimum atomic E-state index is -1.36. The molecule has 7 nitrogen and oxygen atoms in total. The number of amides is 2. The molecule has 2 amide bonds. The summed E-state index contributed by atoms with van der Waals surface area (Å²) in [5, 5.41) is 0.0661. The Morgan fingerprint density at radius 2 is 1.92 bits per heavy atom. The van der Waals surface area contributed by atoms with Gasteiger partial charge in [-0.05, 0) is 54.5 Å². The molecule has 208 valence electrons. The second kappa shape index (κ2) is 12.2. The van der Waals surface area contributed by atoms with Crippen LogP contribution in [-0.4, -0.2) is 44.5 Å². The maximum atomic E-state index is 13.6. The number of aliphatic imine (C=N–C) groups is 1. The molecule has 1 heterocycles. The lowest BCUT2D eigenvalue weighted by Crippen LogP contribution is -2.40. The molecule has 1 atom stereocenters. The van der Waals surface area contributed by atoms with E-state index < -0.39 is 16.9 Å². The van der Waals surface area contributed by atoms with Gasteiger partial charge in [0.2, 0.25) is 0 Å². The van der Waals surface area contributed by atoms with Crippen molar-refractivity contribution in [1.82, 2.24) is 9.62 Å². The number of benzene rings is 2. The van der Waals surface area contributed by atoms with Crippen LogP contribution in [0.2, 0.25) is 0 Å². The van der Waals surface area contributed by atoms with Crippen molar-refractivity contribution in [2.75, 3.05) is 6.61 Å². The van der Waals surface area contributed by atoms with Crippen LogP contribution in [0, 0.1) is 0 Å². The summed E-state index contributed by atoms with van der Waals surface area (Å²) >= 11 is -1.36. The van der Waals surface area contributed by atoms with Crippen molar-refractivity contribution in [2.45, 2.75) is 95.6 Å². The number of hydrogen-bond acceptors (Lipinski definition) is 5. The number of amidine groups is 1. The zero-order valence-corrected chi connectivity index (χ0v) is 23.9. The Morgan fingerprint density at radius 3 is 2.64 bits per heavy atom. The number of unbranched alkanes of at least 4 members (excludes halogenated alkanes) is 1. The minimum Gasteiger partial charge on any atom is -0.593 e. The zero-order valence-electron chi connectivity index (χ0n) is 23.0. The molecule has 0 bridgehead atoms. The highest BCUT2D eigenvalue weighted by molar-refractivity contribution is 7.91. The Hall–Kier alpha value is -2.68. The quantitative estimate of drug-likeness (QED) is 0.344. The van der Waals surface area contributed by atoms with Crippen LogP contribution in [0.25, 0.3) is 11.1 Å². The molecule has 0 radical (unpaired) electrons. The van der Waals surface area contributed by atoms with Crippen LogP contribution in [0.15, 0.2) is 47.5 Å². The summed E-state index contributed by atoms with van der Waals surface area (Å²) in [6.07, 6.45) is 8.46. The number of hydrogen-bond donors (Lipinski definition) is 1. The summed E-state index contributed by atoms with van der Waals surface area (Å²) in [6, 6.07) is 13.6. The molecule has 1 unspecified atom stereocenters. The minimum absolute atomic E-state index is 0.0661. The first-order chi connectivity index (χ1) is 19.0. The monoisotopic (exact) mass is 549 g/mol. The normalized spacial score (nSPS) is 19.0. The standard InChI is InChI=1S/C31H39N3O4S/c1-3-5-12-28-32-31(17-8-9-18-31)30(36)34(28)20-22-13-16-25(23(19-22)21-38-4-2)26-10-6-7-11-27(26)29(35)33-39(37)24-14-15-24/h6-7,10-11,13,16,19,24H,3-5,8-9,12,14-15,17-18,20-21H2,1-2H3,(H,33,35). The first kappa shape index (κ1) is 27.9. The highest BCUT2D eigenvalue weighted by Gasteiger charge is 2.49. The third kappa shape index (κ3) is 6.08. The summed E-state index contributed by atoms with van der Waals surface area (Å²) in [5.74, 6) is 0.737. The van der Waals surface area contributed by atoms with E-state index in [-0.39, 0.29) is 17.1 Å². The zero-order chi connectivity index (χ0) is 27.4. The van der Waals surface area contributed by atoms with E-state index in [9.17, 15) is 14.1 Å². The smallest absolute Gasteiger partial charge is 0.292 e. The first-order valence-electron chi connectivity index (χ1n) is 14.4. The molecule has 39 heavy (non-hydrogen) atoms. The van der Waals surface area contributed by atoms with Crippen molar-refractivity contribution in [3.63, 3.8) is 0 Å². The van der Waals surface area contributed by atoms with Gasteiger partial charge in [0.25, 0.3) is 11.8 Å². The Kier molecular flexibility index (Phi) is 8.74. The van der Waals surface area contributed by atoms with Crippen LogP contribution in [0.4, 0.5) is 0 Å². The van der Waals surface area contributed by atoms with E-state index in [0.717, 1.165) is 85.9 Å². The third-order valence-corrected chi connectivity index (χ3v) is 9.40. The van der Waals surface area contributed by atoms with Gasteiger partial charge in [0.15, 0.2) is 0 Å². The molecule has 8 heteroatoms. The Labute approximate surface area is 234 Å². The van der Waals surface area contributed by atoms with Crippen molar-refractivity contribution in [1.29, 1.82) is 0 Å². The van der Waals surface area contributed by atoms with E-state index in [0.29, 0.717) is 25.3 Å². The van der Waals surface area contributed by atoms with E-state index in [4.69, 9.17) is 9.73 Å². The molecule has 5 rings (SSSR count). The topological polar surface area (TPSA) is 94.1 Å². The summed E-state index contributed by atoms with van der Waals surface area (Å²) in [7, 11) is 0. The molecule has 1 spiro atoms. The Balaban J connectivity index is 1.43. The number of carbonyl (C=O) groups excluding carboxylic acids is 2. The number of ether oxygens (including phenoxy) is 1. The second-order valence-corrected chi connectivity index (χ2v) is 12.3. The van der Waals surface area contributed by atoms with Gasteiger partial charge in [0.05, 0.1) is 30.1 Å². The third-order valence-electron chi connectivity index (χ3n) is 7.94. The molecule has 2 aromatic carbocycles. The number of rotatable bonds is 12. The van der Waals surface area contributed by atoms with Gasteiger partial charge in [-0.15, -0.1) is 0 Å². The second-order valence-electron chi connectivity index (χ2n) is 10.9. The molecule has 0 saturated heterocycles. The summed E-state index contributed by atoms with van der Waals surface area (Å²) < 4.78 is 20.9. The Bertz CT molecular complexity index is 1240. The van der Waals surface area contributed by atoms with Crippen molar-refractivity contribution in [3.05, 3.63) is 59.2 Å². The fourth-order valence-corrected chi connectivity index (χ4v) is 6.67. The molecule has 3 aliphatic rings. The van der Waals surface area contributed by atoms with Crippen LogP contribution < -0.4 is 4.72 Å². The summed E-state index contributed by atoms with van der Waals surface area (Å²) in [5.41, 5.74) is 3.57. The maximum absolute atomic E-state index is 13.6. The number of nitrogens with one attached hydrogen (secondary N) is 1. The average molecular weight is 550 g/mol. The lowest BCUT2D eigenvalue weighted by molar-refractivity contribution is -0.131. The van der Waals surface area contributed by atoms with Gasteiger partial charge in [-0.25, -0.2) is 0 Å². The van der Waals surface area contributed by atoms with Gasteiger partial charge < -0.3 is 9.29 Å². The lowest BCUT2D eigenvalue weighted by Gasteiger charge is -2.23. The Morgan fingerprint density at radius 1 is 1.15 bits per heavy atom. The molecule has 0 aromatic heterocycles. The fraction of sp³-hybridized carbons (Fsp3) is 0.516. The molecule has 2 saturated carbocycles. The largest absolute Gasteiger partial charge is 0.593 e. The van der Waals surface area contributed by atoms with Gasteiger partial charge in [-0.3, -0.25) is 19.5 Å². The van der Waals surface area contributed by atoms with Crippen molar-refractivity contribution >= 4 is 29.0 Å². The predicted molar refractivity (Wildman–Crippen MR) is 155 cm³/mol. The molecule has 1 aliphatic heterocycles. The molecular weight excluding hydrogens is 510 g/mol. The van der Waals surface area contributed by atoms with E-state index >= 15 is 0 Å². The summed E-state index contributed by atoms with van der Waals surface area (Å²) in [4.78, 5) is 33.7. The highest BCUT2D eigenvalue weighted by Crippen LogP contribution is 2.40. The van der Waals surface area contributed by atoms with Crippen LogP contribution in [0.3, 0.4) is 0 Å². The van der Waals surface area contributed by atoms with E-state index in [1.807, 2.05) is 42.2 Å². The predicted octanol–water partition coefficient (Wildman–Crippen LogP) is 5.69. The molecular formula is C31H39N3O4S.